The van der Waals surface area contributed by atoms with Crippen molar-refractivity contribution < 1.29 is 5.11 Å². The first-order chi connectivity index (χ1) is 8.64. The van der Waals surface area contributed by atoms with E-state index in [1.54, 1.807) is 0 Å². The molecule has 1 aromatic carbocycles. The van der Waals surface area contributed by atoms with Crippen LogP contribution in [0.5, 0.6) is 0 Å². The molecule has 0 spiro atoms. The molecule has 0 bridgehead atoms. The molecule has 3 nitrogen and oxygen atoms in total. The van der Waals surface area contributed by atoms with Crippen molar-refractivity contribution in [3.8, 4) is 0 Å². The average molecular weight is 248 g/mol. The lowest BCUT2D eigenvalue weighted by atomic mass is 9.88. The van der Waals surface area contributed by atoms with Gasteiger partial charge in [-0.3, -0.25) is 0 Å². The first-order valence-electron chi connectivity index (χ1n) is 6.82. The van der Waals surface area contributed by atoms with Crippen molar-refractivity contribution in [3.63, 3.8) is 0 Å². The van der Waals surface area contributed by atoms with Gasteiger partial charge in [-0.1, -0.05) is 37.3 Å². The zero-order valence-electron chi connectivity index (χ0n) is 11.2. The van der Waals surface area contributed by atoms with Crippen LogP contribution in [0.1, 0.15) is 25.3 Å². The predicted octanol–water partition coefficient (Wildman–Crippen LogP) is 1.56. The number of nitrogens with zero attached hydrogens (tertiary/aromatic N) is 1. The van der Waals surface area contributed by atoms with Crippen molar-refractivity contribution in [1.29, 1.82) is 0 Å². The normalized spacial score (nSPS) is 24.1. The third-order valence-corrected chi connectivity index (χ3v) is 4.01. The highest BCUT2D eigenvalue weighted by atomic mass is 16.3. The molecule has 1 heterocycles. The van der Waals surface area contributed by atoms with E-state index in [9.17, 15) is 5.11 Å². The molecule has 1 aliphatic rings. The summed E-state index contributed by atoms with van der Waals surface area (Å²) < 4.78 is 0. The van der Waals surface area contributed by atoms with Crippen molar-refractivity contribution in [2.45, 2.75) is 25.3 Å². The Bertz CT molecular complexity index is 368. The Morgan fingerprint density at radius 3 is 2.67 bits per heavy atom. The van der Waals surface area contributed by atoms with Crippen LogP contribution in [0.15, 0.2) is 30.3 Å². The van der Waals surface area contributed by atoms with Gasteiger partial charge in [0.05, 0.1) is 12.1 Å². The van der Waals surface area contributed by atoms with Gasteiger partial charge in [-0.15, -0.1) is 0 Å². The van der Waals surface area contributed by atoms with Crippen LogP contribution in [0.2, 0.25) is 0 Å². The van der Waals surface area contributed by atoms with E-state index in [1.807, 2.05) is 30.3 Å². The molecule has 2 atom stereocenters. The number of rotatable bonds is 5. The highest BCUT2D eigenvalue weighted by molar-refractivity contribution is 5.24. The lowest BCUT2D eigenvalue weighted by molar-refractivity contribution is 0.169. The lowest BCUT2D eigenvalue weighted by Crippen LogP contribution is -2.43. The van der Waals surface area contributed by atoms with Gasteiger partial charge >= 0.3 is 0 Å². The number of nitrogens with two attached hydrogens (primary N) is 1. The van der Waals surface area contributed by atoms with Gasteiger partial charge in [0.25, 0.3) is 0 Å². The van der Waals surface area contributed by atoms with Gasteiger partial charge in [0.2, 0.25) is 0 Å². The van der Waals surface area contributed by atoms with Crippen molar-refractivity contribution in [1.82, 2.24) is 4.90 Å². The standard InChI is InChI=1S/C15H24N2O/c1-13-7-9-17(11-13)10-8-15(16,12-18)14-5-3-2-4-6-14/h2-6,13,18H,7-12,16H2,1H3. The van der Waals surface area contributed by atoms with E-state index in [0.717, 1.165) is 37.5 Å². The van der Waals surface area contributed by atoms with Crippen LogP contribution >= 0.6 is 0 Å². The summed E-state index contributed by atoms with van der Waals surface area (Å²) in [4.78, 5) is 2.45. The first kappa shape index (κ1) is 13.5. The molecule has 1 fully saturated rings. The molecule has 3 heteroatoms. The first-order valence-corrected chi connectivity index (χ1v) is 6.82. The van der Waals surface area contributed by atoms with Gasteiger partial charge in [-0.05, 0) is 30.9 Å². The van der Waals surface area contributed by atoms with Gasteiger partial charge in [0, 0.05) is 13.1 Å². The molecular weight excluding hydrogens is 224 g/mol. The van der Waals surface area contributed by atoms with Crippen LogP contribution in [-0.2, 0) is 5.54 Å². The Morgan fingerprint density at radius 2 is 2.11 bits per heavy atom. The van der Waals surface area contributed by atoms with E-state index in [1.165, 1.54) is 6.42 Å². The molecule has 18 heavy (non-hydrogen) atoms. The minimum Gasteiger partial charge on any atom is -0.394 e. The molecule has 0 radical (unpaired) electrons. The largest absolute Gasteiger partial charge is 0.394 e. The third-order valence-electron chi connectivity index (χ3n) is 4.01. The molecule has 2 unspecified atom stereocenters. The fraction of sp³-hybridized carbons (Fsp3) is 0.600. The fourth-order valence-electron chi connectivity index (χ4n) is 2.67. The number of likely N-dealkylation sites (tertiary alicyclic amines) is 1. The minimum atomic E-state index is -0.604. The lowest BCUT2D eigenvalue weighted by Gasteiger charge is -2.30. The molecule has 3 N–H and O–H groups in total. The monoisotopic (exact) mass is 248 g/mol. The number of aliphatic hydroxyl groups excluding tert-OH is 1. The van der Waals surface area contributed by atoms with Crippen LogP contribution in [0.25, 0.3) is 0 Å². The Labute approximate surface area is 110 Å². The summed E-state index contributed by atoms with van der Waals surface area (Å²) in [5.74, 6) is 0.794. The summed E-state index contributed by atoms with van der Waals surface area (Å²) in [5, 5.41) is 9.62. The van der Waals surface area contributed by atoms with Gasteiger partial charge in [-0.2, -0.15) is 0 Å². The smallest absolute Gasteiger partial charge is 0.0656 e. The molecule has 0 aromatic heterocycles. The van der Waals surface area contributed by atoms with E-state index < -0.39 is 5.54 Å². The van der Waals surface area contributed by atoms with Gasteiger partial charge in [0.1, 0.15) is 0 Å². The van der Waals surface area contributed by atoms with Crippen molar-refractivity contribution in [3.05, 3.63) is 35.9 Å². The zero-order valence-corrected chi connectivity index (χ0v) is 11.2. The summed E-state index contributed by atoms with van der Waals surface area (Å²) in [6, 6.07) is 9.93. The molecule has 100 valence electrons. The summed E-state index contributed by atoms with van der Waals surface area (Å²) in [7, 11) is 0. The Balaban J connectivity index is 1.96. The molecule has 1 saturated heterocycles. The van der Waals surface area contributed by atoms with E-state index >= 15 is 0 Å². The van der Waals surface area contributed by atoms with Gasteiger partial charge < -0.3 is 15.7 Å². The predicted molar refractivity (Wildman–Crippen MR) is 74.2 cm³/mol. The quantitative estimate of drug-likeness (QED) is 0.831. The Kier molecular flexibility index (Phi) is 4.38. The Hall–Kier alpha value is -0.900. The maximum atomic E-state index is 9.62. The van der Waals surface area contributed by atoms with Crippen LogP contribution in [0.3, 0.4) is 0 Å². The molecule has 0 saturated carbocycles. The van der Waals surface area contributed by atoms with E-state index in [4.69, 9.17) is 5.73 Å². The molecule has 1 aromatic rings. The molecule has 2 rings (SSSR count). The number of aliphatic hydroxyl groups is 1. The highest BCUT2D eigenvalue weighted by Gasteiger charge is 2.28. The SMILES string of the molecule is CC1CCN(CCC(N)(CO)c2ccccc2)C1. The molecular formula is C15H24N2O. The van der Waals surface area contributed by atoms with Crippen LogP contribution in [-0.4, -0.2) is 36.2 Å². The number of hydrogen-bond donors (Lipinski definition) is 2. The summed E-state index contributed by atoms with van der Waals surface area (Å²) in [6.07, 6.45) is 2.09. The summed E-state index contributed by atoms with van der Waals surface area (Å²) >= 11 is 0. The van der Waals surface area contributed by atoms with Gasteiger partial charge in [-0.25, -0.2) is 0 Å². The third kappa shape index (κ3) is 3.10. The molecule has 1 aliphatic heterocycles. The van der Waals surface area contributed by atoms with Crippen molar-refractivity contribution in [2.24, 2.45) is 11.7 Å². The number of benzene rings is 1. The second-order valence-corrected chi connectivity index (χ2v) is 5.62. The second kappa shape index (κ2) is 5.83. The van der Waals surface area contributed by atoms with Crippen molar-refractivity contribution in [2.75, 3.05) is 26.2 Å². The van der Waals surface area contributed by atoms with Crippen molar-refractivity contribution >= 4 is 0 Å². The second-order valence-electron chi connectivity index (χ2n) is 5.62. The fourth-order valence-corrected chi connectivity index (χ4v) is 2.67. The van der Waals surface area contributed by atoms with E-state index in [0.29, 0.717) is 0 Å². The van der Waals surface area contributed by atoms with Crippen LogP contribution in [0.4, 0.5) is 0 Å². The van der Waals surface area contributed by atoms with Gasteiger partial charge in [0.15, 0.2) is 0 Å². The maximum Gasteiger partial charge on any atom is 0.0656 e. The molecule has 0 aliphatic carbocycles. The Morgan fingerprint density at radius 1 is 1.39 bits per heavy atom. The highest BCUT2D eigenvalue weighted by Crippen LogP contribution is 2.23. The summed E-state index contributed by atoms with van der Waals surface area (Å²) in [5.41, 5.74) is 6.78. The molecule has 0 amide bonds. The average Bonchev–Trinajstić information content (AvgIpc) is 2.83. The zero-order chi connectivity index (χ0) is 13.0. The van der Waals surface area contributed by atoms with Crippen LogP contribution in [0, 0.1) is 5.92 Å². The maximum absolute atomic E-state index is 9.62. The van der Waals surface area contributed by atoms with E-state index in [-0.39, 0.29) is 6.61 Å². The summed E-state index contributed by atoms with van der Waals surface area (Å²) in [6.45, 7) is 5.59. The van der Waals surface area contributed by atoms with E-state index in [2.05, 4.69) is 11.8 Å². The topological polar surface area (TPSA) is 49.5 Å². The van der Waals surface area contributed by atoms with Crippen LogP contribution < -0.4 is 5.73 Å². The minimum absolute atomic E-state index is 0.000404. The number of hydrogen-bond acceptors (Lipinski definition) is 3.